The lowest BCUT2D eigenvalue weighted by molar-refractivity contribution is -0.130. The largest absolute Gasteiger partial charge is 0.374 e. The summed E-state index contributed by atoms with van der Waals surface area (Å²) in [6.07, 6.45) is 4.14. The molecule has 2 heterocycles. The predicted molar refractivity (Wildman–Crippen MR) is 85.6 cm³/mol. The first kappa shape index (κ1) is 17.9. The molecule has 0 bridgehead atoms. The predicted octanol–water partition coefficient (Wildman–Crippen LogP) is 0.158. The summed E-state index contributed by atoms with van der Waals surface area (Å²) in [7, 11) is 0. The normalized spacial score (nSPS) is 17.9. The number of aryl methyl sites for hydroxylation is 1. The van der Waals surface area contributed by atoms with E-state index < -0.39 is 0 Å². The van der Waals surface area contributed by atoms with Crippen LogP contribution in [0.1, 0.15) is 12.0 Å². The Balaban J connectivity index is 1.79. The second-order valence-corrected chi connectivity index (χ2v) is 5.85. The maximum Gasteiger partial charge on any atom is 0.225 e. The van der Waals surface area contributed by atoms with Crippen molar-refractivity contribution in [1.82, 2.24) is 19.6 Å². The maximum atomic E-state index is 12.1. The summed E-state index contributed by atoms with van der Waals surface area (Å²) in [4.78, 5) is 15.6. The molecule has 0 spiro atoms. The molecule has 8 nitrogen and oxygen atoms in total. The summed E-state index contributed by atoms with van der Waals surface area (Å²) in [5.74, 6) is -0.163. The number of carbonyl (C=O) groups excluding carboxylic acids is 1. The number of morpholine rings is 1. The van der Waals surface area contributed by atoms with Crippen molar-refractivity contribution in [2.75, 3.05) is 39.3 Å². The molecule has 1 saturated heterocycles. The summed E-state index contributed by atoms with van der Waals surface area (Å²) in [5.41, 5.74) is 1.11. The van der Waals surface area contributed by atoms with Crippen molar-refractivity contribution in [1.29, 1.82) is 10.5 Å². The fourth-order valence-electron chi connectivity index (χ4n) is 2.68. The van der Waals surface area contributed by atoms with E-state index in [1.807, 2.05) is 36.1 Å². The van der Waals surface area contributed by atoms with Crippen LogP contribution in [0.2, 0.25) is 0 Å². The first-order valence-corrected chi connectivity index (χ1v) is 7.97. The van der Waals surface area contributed by atoms with E-state index in [-0.39, 0.29) is 25.1 Å². The van der Waals surface area contributed by atoms with Crippen molar-refractivity contribution in [3.8, 4) is 12.1 Å². The molecule has 1 amide bonds. The van der Waals surface area contributed by atoms with Crippen LogP contribution in [-0.4, -0.2) is 70.9 Å². The second kappa shape index (κ2) is 9.02. The molecule has 2 rings (SSSR count). The van der Waals surface area contributed by atoms with Crippen molar-refractivity contribution >= 4 is 5.91 Å². The first-order valence-electron chi connectivity index (χ1n) is 7.97. The molecule has 1 atom stereocenters. The lowest BCUT2D eigenvalue weighted by Crippen LogP contribution is -2.45. The van der Waals surface area contributed by atoms with E-state index in [2.05, 4.69) is 10.00 Å². The molecule has 1 aliphatic heterocycles. The molecule has 128 valence electrons. The highest BCUT2D eigenvalue weighted by molar-refractivity contribution is 5.76. The first-order chi connectivity index (χ1) is 11.6. The van der Waals surface area contributed by atoms with Gasteiger partial charge in [0.2, 0.25) is 5.91 Å². The molecule has 8 heteroatoms. The summed E-state index contributed by atoms with van der Waals surface area (Å²) >= 11 is 0. The van der Waals surface area contributed by atoms with Gasteiger partial charge in [-0.05, 0) is 12.5 Å². The van der Waals surface area contributed by atoms with Gasteiger partial charge in [-0.3, -0.25) is 14.4 Å². The molecule has 0 radical (unpaired) electrons. The number of hydrogen-bond acceptors (Lipinski definition) is 6. The molecule has 0 unspecified atom stereocenters. The number of hydrogen-bond donors (Lipinski definition) is 0. The molecule has 0 saturated carbocycles. The monoisotopic (exact) mass is 330 g/mol. The number of aromatic nitrogens is 2. The van der Waals surface area contributed by atoms with Gasteiger partial charge in [0.1, 0.15) is 13.1 Å². The fourth-order valence-corrected chi connectivity index (χ4v) is 2.68. The number of ether oxygens (including phenoxy) is 1. The van der Waals surface area contributed by atoms with E-state index in [0.717, 1.165) is 18.7 Å². The van der Waals surface area contributed by atoms with Gasteiger partial charge in [-0.15, -0.1) is 0 Å². The molecule has 1 aliphatic rings. The van der Waals surface area contributed by atoms with Crippen LogP contribution in [0.5, 0.6) is 0 Å². The molecular formula is C16H22N6O2. The Morgan fingerprint density at radius 2 is 2.21 bits per heavy atom. The molecule has 1 fully saturated rings. The van der Waals surface area contributed by atoms with Crippen molar-refractivity contribution < 1.29 is 9.53 Å². The quantitative estimate of drug-likeness (QED) is 0.660. The number of nitriles is 2. The highest BCUT2D eigenvalue weighted by atomic mass is 16.5. The smallest absolute Gasteiger partial charge is 0.225 e. The lowest BCUT2D eigenvalue weighted by atomic mass is 10.2. The zero-order valence-electron chi connectivity index (χ0n) is 13.9. The van der Waals surface area contributed by atoms with Crippen molar-refractivity contribution in [3.63, 3.8) is 0 Å². The van der Waals surface area contributed by atoms with Crippen molar-refractivity contribution in [3.05, 3.63) is 18.0 Å². The fraction of sp³-hybridized carbons (Fsp3) is 0.625. The van der Waals surface area contributed by atoms with Crippen molar-refractivity contribution in [2.45, 2.75) is 26.0 Å². The van der Waals surface area contributed by atoms with Crippen LogP contribution in [0.4, 0.5) is 0 Å². The number of amides is 1. The van der Waals surface area contributed by atoms with Gasteiger partial charge in [0, 0.05) is 32.3 Å². The summed E-state index contributed by atoms with van der Waals surface area (Å²) in [6, 6.07) is 3.84. The minimum absolute atomic E-state index is 0.0440. The van der Waals surface area contributed by atoms with Gasteiger partial charge < -0.3 is 9.64 Å². The summed E-state index contributed by atoms with van der Waals surface area (Å²) in [6.45, 7) is 5.34. The van der Waals surface area contributed by atoms with Gasteiger partial charge in [0.05, 0.1) is 37.6 Å². The maximum absolute atomic E-state index is 12.1. The lowest BCUT2D eigenvalue weighted by Gasteiger charge is -2.33. The third-order valence-electron chi connectivity index (χ3n) is 3.89. The topological polar surface area (TPSA) is 98.2 Å². The third-order valence-corrected chi connectivity index (χ3v) is 3.89. The Bertz CT molecular complexity index is 613. The third kappa shape index (κ3) is 5.34. The van der Waals surface area contributed by atoms with E-state index in [0.29, 0.717) is 26.1 Å². The summed E-state index contributed by atoms with van der Waals surface area (Å²) in [5, 5.41) is 21.7. The van der Waals surface area contributed by atoms with Gasteiger partial charge in [0.15, 0.2) is 0 Å². The van der Waals surface area contributed by atoms with Crippen LogP contribution in [0.25, 0.3) is 0 Å². The van der Waals surface area contributed by atoms with Gasteiger partial charge in [0.25, 0.3) is 0 Å². The minimum atomic E-state index is -0.163. The molecule has 0 aromatic carbocycles. The molecule has 1 aromatic rings. The van der Waals surface area contributed by atoms with E-state index in [4.69, 9.17) is 15.3 Å². The van der Waals surface area contributed by atoms with E-state index in [1.165, 1.54) is 4.90 Å². The van der Waals surface area contributed by atoms with Gasteiger partial charge in [-0.1, -0.05) is 0 Å². The van der Waals surface area contributed by atoms with Crippen LogP contribution < -0.4 is 0 Å². The van der Waals surface area contributed by atoms with Crippen LogP contribution >= 0.6 is 0 Å². The SMILES string of the molecule is Cc1cnn(C[C@H]2CN(CCC(=O)N(CC#N)CC#N)CCO2)c1. The standard InChI is InChI=1S/C16H22N6O2/c1-14-10-19-22(11-14)13-15-12-20(8-9-24-15)5-2-16(23)21(6-3-17)7-4-18/h10-11,15H,2,5-9,12-13H2,1H3/t15-/m1/s1. The van der Waals surface area contributed by atoms with Gasteiger partial charge >= 0.3 is 0 Å². The number of nitrogens with zero attached hydrogens (tertiary/aromatic N) is 6. The average Bonchev–Trinajstić information content (AvgIpc) is 2.97. The van der Waals surface area contributed by atoms with E-state index in [9.17, 15) is 4.79 Å². The van der Waals surface area contributed by atoms with Crippen LogP contribution in [0.3, 0.4) is 0 Å². The second-order valence-electron chi connectivity index (χ2n) is 5.85. The van der Waals surface area contributed by atoms with Crippen LogP contribution in [-0.2, 0) is 16.1 Å². The number of carbonyl (C=O) groups is 1. The van der Waals surface area contributed by atoms with Gasteiger partial charge in [-0.25, -0.2) is 0 Å². The highest BCUT2D eigenvalue weighted by Gasteiger charge is 2.22. The van der Waals surface area contributed by atoms with E-state index >= 15 is 0 Å². The van der Waals surface area contributed by atoms with Crippen molar-refractivity contribution in [2.24, 2.45) is 0 Å². The summed E-state index contributed by atoms with van der Waals surface area (Å²) < 4.78 is 7.64. The zero-order valence-corrected chi connectivity index (χ0v) is 13.9. The Morgan fingerprint density at radius 1 is 1.46 bits per heavy atom. The molecule has 1 aromatic heterocycles. The molecule has 0 aliphatic carbocycles. The van der Waals surface area contributed by atoms with E-state index in [1.54, 1.807) is 0 Å². The molecule has 0 N–H and O–H groups in total. The molecular weight excluding hydrogens is 308 g/mol. The van der Waals surface area contributed by atoms with Crippen LogP contribution in [0.15, 0.2) is 12.4 Å². The minimum Gasteiger partial charge on any atom is -0.374 e. The molecule has 24 heavy (non-hydrogen) atoms. The van der Waals surface area contributed by atoms with Gasteiger partial charge in [-0.2, -0.15) is 15.6 Å². The Kier molecular flexibility index (Phi) is 6.74. The Morgan fingerprint density at radius 3 is 2.83 bits per heavy atom. The highest BCUT2D eigenvalue weighted by Crippen LogP contribution is 2.09. The Labute approximate surface area is 141 Å². The average molecular weight is 330 g/mol. The zero-order chi connectivity index (χ0) is 17.4. The van der Waals surface area contributed by atoms with Crippen LogP contribution in [0, 0.1) is 29.6 Å². The number of rotatable bonds is 7. The Hall–Kier alpha value is -2.42.